The Bertz CT molecular complexity index is 390. The first-order valence-corrected chi connectivity index (χ1v) is 6.77. The average molecular weight is 233 g/mol. The number of fused-ring (bicyclic) bond motifs is 2. The van der Waals surface area contributed by atoms with Crippen molar-refractivity contribution in [1.82, 2.24) is 5.32 Å². The Balaban J connectivity index is 1.74. The molecular formula is C15H23NO. The molecule has 1 heterocycles. The molecule has 2 aliphatic carbocycles. The lowest BCUT2D eigenvalue weighted by Crippen LogP contribution is -2.49. The normalized spacial score (nSPS) is 38.8. The van der Waals surface area contributed by atoms with Crippen LogP contribution in [0.3, 0.4) is 0 Å². The van der Waals surface area contributed by atoms with E-state index in [0.29, 0.717) is 16.9 Å². The molecule has 3 rings (SSSR count). The summed E-state index contributed by atoms with van der Waals surface area (Å²) in [5, 5.41) is 3.79. The molecule has 0 saturated heterocycles. The lowest BCUT2D eigenvalue weighted by Gasteiger charge is -2.43. The van der Waals surface area contributed by atoms with Crippen LogP contribution >= 0.6 is 0 Å². The van der Waals surface area contributed by atoms with E-state index in [4.69, 9.17) is 4.42 Å². The Morgan fingerprint density at radius 3 is 2.82 bits per heavy atom. The molecule has 17 heavy (non-hydrogen) atoms. The van der Waals surface area contributed by atoms with Crippen LogP contribution < -0.4 is 5.32 Å². The minimum absolute atomic E-state index is 0.441. The number of rotatable bonds is 3. The molecule has 94 valence electrons. The van der Waals surface area contributed by atoms with E-state index < -0.39 is 0 Å². The Labute approximate surface area is 104 Å². The van der Waals surface area contributed by atoms with Gasteiger partial charge in [0, 0.05) is 18.2 Å². The molecule has 2 fully saturated rings. The van der Waals surface area contributed by atoms with Gasteiger partial charge in [0.05, 0.1) is 12.5 Å². The number of nitrogens with one attached hydrogen (secondary N) is 1. The molecule has 0 radical (unpaired) electrons. The van der Waals surface area contributed by atoms with E-state index in [1.54, 1.807) is 6.26 Å². The van der Waals surface area contributed by atoms with E-state index in [1.165, 1.54) is 24.8 Å². The Morgan fingerprint density at radius 1 is 1.41 bits per heavy atom. The molecule has 0 amide bonds. The van der Waals surface area contributed by atoms with Crippen molar-refractivity contribution in [1.29, 1.82) is 0 Å². The second-order valence-electron chi connectivity index (χ2n) is 6.86. The van der Waals surface area contributed by atoms with E-state index in [-0.39, 0.29) is 0 Å². The van der Waals surface area contributed by atoms with Crippen LogP contribution in [0.1, 0.15) is 45.6 Å². The van der Waals surface area contributed by atoms with Crippen LogP contribution in [0.4, 0.5) is 0 Å². The summed E-state index contributed by atoms with van der Waals surface area (Å²) >= 11 is 0. The van der Waals surface area contributed by atoms with Gasteiger partial charge in [-0.3, -0.25) is 0 Å². The van der Waals surface area contributed by atoms with Crippen LogP contribution in [-0.4, -0.2) is 6.04 Å². The van der Waals surface area contributed by atoms with Crippen molar-refractivity contribution in [2.45, 2.75) is 52.6 Å². The van der Waals surface area contributed by atoms with Crippen LogP contribution in [0.25, 0.3) is 0 Å². The minimum Gasteiger partial charge on any atom is -0.472 e. The van der Waals surface area contributed by atoms with Gasteiger partial charge in [0.15, 0.2) is 0 Å². The lowest BCUT2D eigenvalue weighted by molar-refractivity contribution is 0.108. The smallest absolute Gasteiger partial charge is 0.0947 e. The number of furan rings is 1. The van der Waals surface area contributed by atoms with Gasteiger partial charge in [-0.15, -0.1) is 0 Å². The summed E-state index contributed by atoms with van der Waals surface area (Å²) in [5.41, 5.74) is 2.21. The fourth-order valence-electron chi connectivity index (χ4n) is 4.42. The standard InChI is InChI=1S/C15H23NO/c1-14(2)12-4-6-15(3,8-12)13(14)16-9-11-5-7-17-10-11/h5,7,10,12-13,16H,4,6,8-9H2,1-3H3/t12-,13?,15+/m0/s1. The quantitative estimate of drug-likeness (QED) is 0.863. The van der Waals surface area contributed by atoms with Gasteiger partial charge in [0.25, 0.3) is 0 Å². The monoisotopic (exact) mass is 233 g/mol. The predicted octanol–water partition coefficient (Wildman–Crippen LogP) is 3.58. The third kappa shape index (κ3) is 1.65. The van der Waals surface area contributed by atoms with Crippen LogP contribution in [0.5, 0.6) is 0 Å². The maximum absolute atomic E-state index is 5.13. The molecular weight excluding hydrogens is 210 g/mol. The van der Waals surface area contributed by atoms with Crippen molar-refractivity contribution < 1.29 is 4.42 Å². The summed E-state index contributed by atoms with van der Waals surface area (Å²) in [6, 6.07) is 2.69. The molecule has 2 heteroatoms. The second-order valence-corrected chi connectivity index (χ2v) is 6.86. The third-order valence-electron chi connectivity index (χ3n) is 5.36. The largest absolute Gasteiger partial charge is 0.472 e. The second kappa shape index (κ2) is 3.61. The first-order valence-electron chi connectivity index (χ1n) is 6.77. The highest BCUT2D eigenvalue weighted by molar-refractivity contribution is 5.13. The predicted molar refractivity (Wildman–Crippen MR) is 68.6 cm³/mol. The van der Waals surface area contributed by atoms with Gasteiger partial charge in [0.1, 0.15) is 0 Å². The van der Waals surface area contributed by atoms with E-state index in [9.17, 15) is 0 Å². The molecule has 0 aromatic carbocycles. The maximum atomic E-state index is 5.13. The summed E-state index contributed by atoms with van der Waals surface area (Å²) in [5.74, 6) is 0.911. The van der Waals surface area contributed by atoms with Crippen LogP contribution in [0.15, 0.2) is 23.0 Å². The lowest BCUT2D eigenvalue weighted by atomic mass is 9.68. The molecule has 2 nitrogen and oxygen atoms in total. The summed E-state index contributed by atoms with van der Waals surface area (Å²) in [6.07, 6.45) is 7.82. The SMILES string of the molecule is CC1(C)C(NCc2ccoc2)[C@]2(C)CC[C@H]1C2. The van der Waals surface area contributed by atoms with Gasteiger partial charge in [0.2, 0.25) is 0 Å². The maximum Gasteiger partial charge on any atom is 0.0947 e. The molecule has 1 unspecified atom stereocenters. The van der Waals surface area contributed by atoms with E-state index in [1.807, 2.05) is 6.26 Å². The summed E-state index contributed by atoms with van der Waals surface area (Å²) < 4.78 is 5.13. The molecule has 1 N–H and O–H groups in total. The Hall–Kier alpha value is -0.760. The summed E-state index contributed by atoms with van der Waals surface area (Å²) in [6.45, 7) is 8.28. The molecule has 1 aromatic heterocycles. The molecule has 2 aliphatic rings. The van der Waals surface area contributed by atoms with Gasteiger partial charge in [-0.2, -0.15) is 0 Å². The van der Waals surface area contributed by atoms with E-state index in [2.05, 4.69) is 32.2 Å². The van der Waals surface area contributed by atoms with Crippen molar-refractivity contribution >= 4 is 0 Å². The zero-order valence-corrected chi connectivity index (χ0v) is 11.1. The summed E-state index contributed by atoms with van der Waals surface area (Å²) in [4.78, 5) is 0. The zero-order valence-electron chi connectivity index (χ0n) is 11.1. The van der Waals surface area contributed by atoms with Gasteiger partial charge in [-0.25, -0.2) is 0 Å². The van der Waals surface area contributed by atoms with Crippen molar-refractivity contribution in [2.24, 2.45) is 16.7 Å². The van der Waals surface area contributed by atoms with Crippen molar-refractivity contribution in [3.63, 3.8) is 0 Å². The topological polar surface area (TPSA) is 25.2 Å². The van der Waals surface area contributed by atoms with Crippen molar-refractivity contribution in [3.05, 3.63) is 24.2 Å². The van der Waals surface area contributed by atoms with Crippen LogP contribution in [0, 0.1) is 16.7 Å². The van der Waals surface area contributed by atoms with Gasteiger partial charge < -0.3 is 9.73 Å². The third-order valence-corrected chi connectivity index (χ3v) is 5.36. The van der Waals surface area contributed by atoms with Crippen molar-refractivity contribution in [3.8, 4) is 0 Å². The highest BCUT2D eigenvalue weighted by Gasteiger charge is 2.58. The number of hydrogen-bond donors (Lipinski definition) is 1. The van der Waals surface area contributed by atoms with Gasteiger partial charge in [-0.1, -0.05) is 20.8 Å². The molecule has 3 atom stereocenters. The molecule has 1 aromatic rings. The first-order chi connectivity index (χ1) is 8.02. The first kappa shape index (κ1) is 11.3. The van der Waals surface area contributed by atoms with Gasteiger partial charge in [-0.05, 0) is 42.1 Å². The fraction of sp³-hybridized carbons (Fsp3) is 0.733. The fourth-order valence-corrected chi connectivity index (χ4v) is 4.42. The highest BCUT2D eigenvalue weighted by atomic mass is 16.3. The molecule has 2 bridgehead atoms. The van der Waals surface area contributed by atoms with Crippen molar-refractivity contribution in [2.75, 3.05) is 0 Å². The van der Waals surface area contributed by atoms with Gasteiger partial charge >= 0.3 is 0 Å². The van der Waals surface area contributed by atoms with E-state index in [0.717, 1.165) is 12.5 Å². The number of hydrogen-bond acceptors (Lipinski definition) is 2. The summed E-state index contributed by atoms with van der Waals surface area (Å²) in [7, 11) is 0. The van der Waals surface area contributed by atoms with Crippen LogP contribution in [-0.2, 0) is 6.54 Å². The molecule has 0 spiro atoms. The Morgan fingerprint density at radius 2 is 2.24 bits per heavy atom. The zero-order chi connectivity index (χ0) is 12.1. The van der Waals surface area contributed by atoms with Crippen LogP contribution in [0.2, 0.25) is 0 Å². The molecule has 0 aliphatic heterocycles. The Kier molecular flexibility index (Phi) is 2.41. The average Bonchev–Trinajstić information content (AvgIpc) is 2.90. The van der Waals surface area contributed by atoms with E-state index >= 15 is 0 Å². The molecule has 2 saturated carbocycles. The minimum atomic E-state index is 0.441. The highest BCUT2D eigenvalue weighted by Crippen LogP contribution is 2.62.